The van der Waals surface area contributed by atoms with Gasteiger partial charge in [0.25, 0.3) is 0 Å². The number of fused-ring (bicyclic) bond motifs is 1. The first-order valence-electron chi connectivity index (χ1n) is 6.21. The smallest absolute Gasteiger partial charge is 0.180 e. The van der Waals surface area contributed by atoms with Crippen molar-refractivity contribution in [2.75, 3.05) is 29.9 Å². The Balaban J connectivity index is 2.00. The normalized spacial score (nSPS) is 15.7. The van der Waals surface area contributed by atoms with Crippen molar-refractivity contribution < 1.29 is 0 Å². The van der Waals surface area contributed by atoms with Crippen LogP contribution in [0.1, 0.15) is 19.8 Å². The Bertz CT molecular complexity index is 513. The molecule has 1 N–H and O–H groups in total. The molecule has 3 rings (SSSR count). The molecule has 0 saturated carbocycles. The first-order valence-corrected chi connectivity index (χ1v) is 6.21. The Morgan fingerprint density at radius 1 is 1.35 bits per heavy atom. The third kappa shape index (κ3) is 1.81. The second-order valence-electron chi connectivity index (χ2n) is 4.34. The van der Waals surface area contributed by atoms with E-state index in [1.165, 1.54) is 12.8 Å². The Hall–Kier alpha value is -1.78. The number of aromatic nitrogens is 3. The van der Waals surface area contributed by atoms with Gasteiger partial charge in [-0.1, -0.05) is 0 Å². The average Bonchev–Trinajstić information content (AvgIpc) is 2.98. The fourth-order valence-corrected chi connectivity index (χ4v) is 2.30. The van der Waals surface area contributed by atoms with Gasteiger partial charge in [0.05, 0.1) is 11.9 Å². The highest BCUT2D eigenvalue weighted by Gasteiger charge is 2.14. The standard InChI is InChI=1S/C12H17N5/c1-2-13-10-9-14-17-8-5-11(15-12(10)17)16-6-3-4-7-16/h5,8-9,13H,2-4,6-7H2,1H3. The number of hydrogen-bond acceptors (Lipinski definition) is 4. The van der Waals surface area contributed by atoms with Crippen molar-refractivity contribution in [2.24, 2.45) is 0 Å². The van der Waals surface area contributed by atoms with Crippen molar-refractivity contribution in [3.63, 3.8) is 0 Å². The van der Waals surface area contributed by atoms with E-state index in [4.69, 9.17) is 4.98 Å². The summed E-state index contributed by atoms with van der Waals surface area (Å²) in [6.07, 6.45) is 6.36. The van der Waals surface area contributed by atoms with Gasteiger partial charge in [-0.25, -0.2) is 9.50 Å². The molecule has 0 unspecified atom stereocenters. The third-order valence-corrected chi connectivity index (χ3v) is 3.15. The highest BCUT2D eigenvalue weighted by Crippen LogP contribution is 2.21. The summed E-state index contributed by atoms with van der Waals surface area (Å²) >= 11 is 0. The maximum Gasteiger partial charge on any atom is 0.180 e. The summed E-state index contributed by atoms with van der Waals surface area (Å²) < 4.78 is 1.82. The molecule has 0 amide bonds. The van der Waals surface area contributed by atoms with Gasteiger partial charge in [-0.2, -0.15) is 5.10 Å². The Kier molecular flexibility index (Phi) is 2.59. The van der Waals surface area contributed by atoms with Crippen LogP contribution in [0.15, 0.2) is 18.5 Å². The Morgan fingerprint density at radius 3 is 2.94 bits per heavy atom. The molecule has 1 aliphatic rings. The summed E-state index contributed by atoms with van der Waals surface area (Å²) in [6.45, 7) is 5.20. The molecule has 2 aromatic rings. The van der Waals surface area contributed by atoms with Crippen LogP contribution >= 0.6 is 0 Å². The SMILES string of the molecule is CCNc1cnn2ccc(N3CCCC3)nc12. The van der Waals surface area contributed by atoms with Gasteiger partial charge in [-0.3, -0.25) is 0 Å². The lowest BCUT2D eigenvalue weighted by Crippen LogP contribution is -2.19. The van der Waals surface area contributed by atoms with E-state index >= 15 is 0 Å². The molecule has 3 heterocycles. The minimum absolute atomic E-state index is 0.886. The van der Waals surface area contributed by atoms with Crippen molar-refractivity contribution in [3.05, 3.63) is 18.5 Å². The van der Waals surface area contributed by atoms with Crippen LogP contribution in [0.3, 0.4) is 0 Å². The topological polar surface area (TPSA) is 45.5 Å². The molecule has 5 nitrogen and oxygen atoms in total. The van der Waals surface area contributed by atoms with E-state index < -0.39 is 0 Å². The number of anilines is 2. The van der Waals surface area contributed by atoms with Crippen LogP contribution < -0.4 is 10.2 Å². The van der Waals surface area contributed by atoms with E-state index in [9.17, 15) is 0 Å². The molecule has 0 radical (unpaired) electrons. The van der Waals surface area contributed by atoms with E-state index in [2.05, 4.69) is 22.2 Å². The molecule has 1 fully saturated rings. The van der Waals surface area contributed by atoms with Crippen molar-refractivity contribution in [3.8, 4) is 0 Å². The van der Waals surface area contributed by atoms with E-state index in [-0.39, 0.29) is 0 Å². The third-order valence-electron chi connectivity index (χ3n) is 3.15. The zero-order valence-electron chi connectivity index (χ0n) is 10.1. The second kappa shape index (κ2) is 4.24. The predicted molar refractivity (Wildman–Crippen MR) is 68.6 cm³/mol. The molecular weight excluding hydrogens is 214 g/mol. The van der Waals surface area contributed by atoms with Crippen LogP contribution in [0.2, 0.25) is 0 Å². The summed E-state index contributed by atoms with van der Waals surface area (Å²) in [6, 6.07) is 2.04. The van der Waals surface area contributed by atoms with E-state index in [1.807, 2.05) is 23.0 Å². The van der Waals surface area contributed by atoms with Crippen LogP contribution in [-0.2, 0) is 0 Å². The first-order chi connectivity index (χ1) is 8.38. The quantitative estimate of drug-likeness (QED) is 0.874. The largest absolute Gasteiger partial charge is 0.381 e. The highest BCUT2D eigenvalue weighted by atomic mass is 15.3. The van der Waals surface area contributed by atoms with Gasteiger partial charge < -0.3 is 10.2 Å². The maximum atomic E-state index is 4.70. The van der Waals surface area contributed by atoms with Crippen LogP contribution in [-0.4, -0.2) is 34.2 Å². The summed E-state index contributed by atoms with van der Waals surface area (Å²) in [4.78, 5) is 7.04. The van der Waals surface area contributed by atoms with Gasteiger partial charge >= 0.3 is 0 Å². The predicted octanol–water partition coefficient (Wildman–Crippen LogP) is 1.76. The summed E-state index contributed by atoms with van der Waals surface area (Å²) in [5, 5.41) is 7.56. The lowest BCUT2D eigenvalue weighted by atomic mass is 10.4. The maximum absolute atomic E-state index is 4.70. The highest BCUT2D eigenvalue weighted by molar-refractivity contribution is 5.68. The monoisotopic (exact) mass is 231 g/mol. The molecule has 1 saturated heterocycles. The Morgan fingerprint density at radius 2 is 2.18 bits per heavy atom. The second-order valence-corrected chi connectivity index (χ2v) is 4.34. The van der Waals surface area contributed by atoms with Crippen molar-refractivity contribution in [1.29, 1.82) is 0 Å². The van der Waals surface area contributed by atoms with Crippen LogP contribution in [0.25, 0.3) is 5.65 Å². The molecule has 2 aromatic heterocycles. The molecule has 1 aliphatic heterocycles. The van der Waals surface area contributed by atoms with Crippen LogP contribution in [0.4, 0.5) is 11.5 Å². The summed E-state index contributed by atoms with van der Waals surface area (Å²) in [7, 11) is 0. The number of hydrogen-bond donors (Lipinski definition) is 1. The van der Waals surface area contributed by atoms with Gasteiger partial charge in [0.15, 0.2) is 5.65 Å². The van der Waals surface area contributed by atoms with Crippen molar-refractivity contribution in [1.82, 2.24) is 14.6 Å². The average molecular weight is 231 g/mol. The van der Waals surface area contributed by atoms with E-state index in [0.717, 1.165) is 36.8 Å². The van der Waals surface area contributed by atoms with E-state index in [1.54, 1.807) is 0 Å². The molecule has 5 heteroatoms. The number of nitrogens with one attached hydrogen (secondary N) is 1. The molecule has 0 aliphatic carbocycles. The zero-order chi connectivity index (χ0) is 11.7. The van der Waals surface area contributed by atoms with Gasteiger partial charge in [-0.05, 0) is 25.8 Å². The molecule has 90 valence electrons. The molecular formula is C12H17N5. The van der Waals surface area contributed by atoms with Crippen molar-refractivity contribution in [2.45, 2.75) is 19.8 Å². The lowest BCUT2D eigenvalue weighted by Gasteiger charge is -2.16. The zero-order valence-corrected chi connectivity index (χ0v) is 10.1. The minimum Gasteiger partial charge on any atom is -0.381 e. The fourth-order valence-electron chi connectivity index (χ4n) is 2.30. The van der Waals surface area contributed by atoms with Crippen LogP contribution in [0, 0.1) is 0 Å². The molecule has 0 spiro atoms. The Labute approximate surface area is 100 Å². The number of rotatable bonds is 3. The molecule has 0 atom stereocenters. The minimum atomic E-state index is 0.886. The van der Waals surface area contributed by atoms with Crippen LogP contribution in [0.5, 0.6) is 0 Å². The summed E-state index contributed by atoms with van der Waals surface area (Å²) in [5.41, 5.74) is 1.92. The van der Waals surface area contributed by atoms with E-state index in [0.29, 0.717) is 0 Å². The number of nitrogens with zero attached hydrogens (tertiary/aromatic N) is 4. The van der Waals surface area contributed by atoms with Gasteiger partial charge in [0, 0.05) is 25.8 Å². The summed E-state index contributed by atoms with van der Waals surface area (Å²) in [5.74, 6) is 1.06. The molecule has 0 aromatic carbocycles. The lowest BCUT2D eigenvalue weighted by molar-refractivity contribution is 0.899. The van der Waals surface area contributed by atoms with Gasteiger partial charge in [0.2, 0.25) is 0 Å². The molecule has 0 bridgehead atoms. The molecule has 17 heavy (non-hydrogen) atoms. The van der Waals surface area contributed by atoms with Crippen molar-refractivity contribution >= 4 is 17.2 Å². The fraction of sp³-hybridized carbons (Fsp3) is 0.500. The van der Waals surface area contributed by atoms with Gasteiger partial charge in [-0.15, -0.1) is 0 Å². The van der Waals surface area contributed by atoms with Gasteiger partial charge in [0.1, 0.15) is 5.82 Å². The first kappa shape index (κ1) is 10.4.